The molecule has 1 aromatic heterocycles. The van der Waals surface area contributed by atoms with E-state index in [4.69, 9.17) is 0 Å². The zero-order valence-corrected chi connectivity index (χ0v) is 14.0. The van der Waals surface area contributed by atoms with Crippen molar-refractivity contribution in [1.29, 1.82) is 0 Å². The number of hydrogen-bond acceptors (Lipinski definition) is 3. The number of rotatable bonds is 3. The van der Waals surface area contributed by atoms with Gasteiger partial charge in [0, 0.05) is 30.9 Å². The summed E-state index contributed by atoms with van der Waals surface area (Å²) in [5.41, 5.74) is 3.16. The van der Waals surface area contributed by atoms with Gasteiger partial charge in [0.15, 0.2) is 0 Å². The minimum atomic E-state index is -0.0842. The fraction of sp³-hybridized carbons (Fsp3) is 0.316. The third-order valence-corrected chi connectivity index (χ3v) is 4.33. The van der Waals surface area contributed by atoms with Crippen molar-refractivity contribution >= 4 is 11.8 Å². The molecule has 0 unspecified atom stereocenters. The molecule has 1 N–H and O–H groups in total. The number of aryl methyl sites for hydroxylation is 2. The molecule has 2 amide bonds. The normalized spacial score (nSPS) is 16.9. The predicted octanol–water partition coefficient (Wildman–Crippen LogP) is 2.34. The van der Waals surface area contributed by atoms with Crippen molar-refractivity contribution in [3.63, 3.8) is 0 Å². The van der Waals surface area contributed by atoms with E-state index in [1.165, 1.54) is 0 Å². The lowest BCUT2D eigenvalue weighted by Crippen LogP contribution is -2.38. The van der Waals surface area contributed by atoms with Crippen LogP contribution in [0.25, 0.3) is 0 Å². The number of carbonyl (C=O) groups excluding carboxylic acids is 2. The van der Waals surface area contributed by atoms with Gasteiger partial charge >= 0.3 is 0 Å². The summed E-state index contributed by atoms with van der Waals surface area (Å²) in [5.74, 6) is -0.160. The lowest BCUT2D eigenvalue weighted by Gasteiger charge is -2.17. The number of nitrogens with zero attached hydrogens (tertiary/aromatic N) is 2. The van der Waals surface area contributed by atoms with E-state index in [-0.39, 0.29) is 17.9 Å². The molecule has 0 spiro atoms. The van der Waals surface area contributed by atoms with Crippen molar-refractivity contribution in [1.82, 2.24) is 15.2 Å². The minimum Gasteiger partial charge on any atom is -0.347 e. The number of aromatic nitrogens is 1. The van der Waals surface area contributed by atoms with Crippen LogP contribution in [-0.2, 0) is 0 Å². The zero-order valence-electron chi connectivity index (χ0n) is 14.0. The molecule has 24 heavy (non-hydrogen) atoms. The maximum Gasteiger partial charge on any atom is 0.272 e. The maximum absolute atomic E-state index is 12.5. The quantitative estimate of drug-likeness (QED) is 0.943. The monoisotopic (exact) mass is 323 g/mol. The molecule has 1 aromatic carbocycles. The van der Waals surface area contributed by atoms with Gasteiger partial charge in [0.2, 0.25) is 0 Å². The minimum absolute atomic E-state index is 0.0231. The smallest absolute Gasteiger partial charge is 0.272 e. The van der Waals surface area contributed by atoms with Gasteiger partial charge in [-0.25, -0.2) is 0 Å². The summed E-state index contributed by atoms with van der Waals surface area (Å²) in [4.78, 5) is 30.7. The molecule has 1 saturated heterocycles. The Labute approximate surface area is 141 Å². The molecule has 2 heterocycles. The SMILES string of the molecule is Cc1ccc(C)c(C(=O)N[C@H]2CCN(C(=O)c3ccccn3)C2)c1. The number of benzene rings is 1. The van der Waals surface area contributed by atoms with E-state index in [0.29, 0.717) is 24.3 Å². The van der Waals surface area contributed by atoms with Gasteiger partial charge in [-0.15, -0.1) is 0 Å². The number of hydrogen-bond donors (Lipinski definition) is 1. The summed E-state index contributed by atoms with van der Waals surface area (Å²) >= 11 is 0. The van der Waals surface area contributed by atoms with Crippen LogP contribution in [-0.4, -0.2) is 40.8 Å². The molecule has 1 fully saturated rings. The molecular formula is C19H21N3O2. The van der Waals surface area contributed by atoms with Gasteiger partial charge in [-0.1, -0.05) is 23.8 Å². The van der Waals surface area contributed by atoms with E-state index in [0.717, 1.165) is 17.5 Å². The van der Waals surface area contributed by atoms with Crippen LogP contribution < -0.4 is 5.32 Å². The number of pyridine rings is 1. The van der Waals surface area contributed by atoms with Crippen molar-refractivity contribution in [2.75, 3.05) is 13.1 Å². The predicted molar refractivity (Wildman–Crippen MR) is 91.9 cm³/mol. The number of nitrogens with one attached hydrogen (secondary N) is 1. The van der Waals surface area contributed by atoms with Gasteiger partial charge in [0.05, 0.1) is 0 Å². The summed E-state index contributed by atoms with van der Waals surface area (Å²) in [5, 5.41) is 3.05. The molecular weight excluding hydrogens is 302 g/mol. The standard InChI is InChI=1S/C19H21N3O2/c1-13-6-7-14(2)16(11-13)18(23)21-15-8-10-22(12-15)19(24)17-5-3-4-9-20-17/h3-7,9,11,15H,8,10,12H2,1-2H3,(H,21,23)/t15-/m0/s1. The highest BCUT2D eigenvalue weighted by Gasteiger charge is 2.28. The van der Waals surface area contributed by atoms with E-state index >= 15 is 0 Å². The van der Waals surface area contributed by atoms with Crippen LogP contribution in [0, 0.1) is 13.8 Å². The summed E-state index contributed by atoms with van der Waals surface area (Å²) in [7, 11) is 0. The van der Waals surface area contributed by atoms with E-state index in [9.17, 15) is 9.59 Å². The lowest BCUT2D eigenvalue weighted by molar-refractivity contribution is 0.0777. The largest absolute Gasteiger partial charge is 0.347 e. The Kier molecular flexibility index (Phi) is 4.60. The molecule has 0 aliphatic carbocycles. The molecule has 124 valence electrons. The molecule has 5 heteroatoms. The lowest BCUT2D eigenvalue weighted by atomic mass is 10.0. The van der Waals surface area contributed by atoms with Crippen molar-refractivity contribution in [3.05, 3.63) is 65.0 Å². The highest BCUT2D eigenvalue weighted by Crippen LogP contribution is 2.15. The average Bonchev–Trinajstić information content (AvgIpc) is 3.05. The second kappa shape index (κ2) is 6.83. The number of carbonyl (C=O) groups is 2. The second-order valence-electron chi connectivity index (χ2n) is 6.24. The summed E-state index contributed by atoms with van der Waals surface area (Å²) in [6.07, 6.45) is 2.37. The fourth-order valence-electron chi connectivity index (χ4n) is 2.96. The summed E-state index contributed by atoms with van der Waals surface area (Å²) < 4.78 is 0. The van der Waals surface area contributed by atoms with Crippen molar-refractivity contribution in [3.8, 4) is 0 Å². The average molecular weight is 323 g/mol. The van der Waals surface area contributed by atoms with Crippen LogP contribution in [0.4, 0.5) is 0 Å². The van der Waals surface area contributed by atoms with E-state index in [1.807, 2.05) is 32.0 Å². The van der Waals surface area contributed by atoms with Gasteiger partial charge in [-0.05, 0) is 44.0 Å². The van der Waals surface area contributed by atoms with Crippen LogP contribution in [0.1, 0.15) is 38.4 Å². The Morgan fingerprint density at radius 2 is 2.04 bits per heavy atom. The molecule has 3 rings (SSSR count). The molecule has 5 nitrogen and oxygen atoms in total. The van der Waals surface area contributed by atoms with Crippen molar-refractivity contribution in [2.45, 2.75) is 26.3 Å². The Balaban J connectivity index is 1.63. The first-order valence-corrected chi connectivity index (χ1v) is 8.13. The third kappa shape index (κ3) is 3.45. The first kappa shape index (κ1) is 16.2. The Morgan fingerprint density at radius 3 is 2.79 bits per heavy atom. The Morgan fingerprint density at radius 1 is 1.21 bits per heavy atom. The number of amides is 2. The maximum atomic E-state index is 12.5. The van der Waals surface area contributed by atoms with Gasteiger partial charge in [0.25, 0.3) is 11.8 Å². The van der Waals surface area contributed by atoms with Crippen LogP contribution in [0.3, 0.4) is 0 Å². The molecule has 0 bridgehead atoms. The summed E-state index contributed by atoms with van der Waals surface area (Å²) in [6.45, 7) is 5.05. The molecule has 1 atom stereocenters. The highest BCUT2D eigenvalue weighted by atomic mass is 16.2. The highest BCUT2D eigenvalue weighted by molar-refractivity contribution is 5.96. The van der Waals surface area contributed by atoms with Gasteiger partial charge in [0.1, 0.15) is 5.69 Å². The van der Waals surface area contributed by atoms with Gasteiger partial charge in [-0.2, -0.15) is 0 Å². The Hall–Kier alpha value is -2.69. The molecule has 0 radical (unpaired) electrons. The van der Waals surface area contributed by atoms with E-state index in [2.05, 4.69) is 10.3 Å². The van der Waals surface area contributed by atoms with Crippen LogP contribution in [0.15, 0.2) is 42.6 Å². The van der Waals surface area contributed by atoms with Crippen LogP contribution in [0.5, 0.6) is 0 Å². The van der Waals surface area contributed by atoms with Crippen molar-refractivity contribution in [2.24, 2.45) is 0 Å². The van der Waals surface area contributed by atoms with Crippen molar-refractivity contribution < 1.29 is 9.59 Å². The second-order valence-corrected chi connectivity index (χ2v) is 6.24. The molecule has 2 aromatic rings. The fourth-order valence-corrected chi connectivity index (χ4v) is 2.96. The molecule has 1 aliphatic heterocycles. The molecule has 0 saturated carbocycles. The summed E-state index contributed by atoms with van der Waals surface area (Å²) in [6, 6.07) is 11.1. The van der Waals surface area contributed by atoms with E-state index in [1.54, 1.807) is 29.3 Å². The Bertz CT molecular complexity index is 758. The topological polar surface area (TPSA) is 62.3 Å². The first-order chi connectivity index (χ1) is 11.5. The van der Waals surface area contributed by atoms with Gasteiger partial charge in [-0.3, -0.25) is 14.6 Å². The van der Waals surface area contributed by atoms with Crippen LogP contribution in [0.2, 0.25) is 0 Å². The number of likely N-dealkylation sites (tertiary alicyclic amines) is 1. The van der Waals surface area contributed by atoms with Crippen LogP contribution >= 0.6 is 0 Å². The van der Waals surface area contributed by atoms with Gasteiger partial charge < -0.3 is 10.2 Å². The zero-order chi connectivity index (χ0) is 17.1. The van der Waals surface area contributed by atoms with E-state index < -0.39 is 0 Å². The first-order valence-electron chi connectivity index (χ1n) is 8.13. The third-order valence-electron chi connectivity index (χ3n) is 4.33. The molecule has 1 aliphatic rings.